The molecule has 0 saturated carbocycles. The highest BCUT2D eigenvalue weighted by molar-refractivity contribution is 8.09. The van der Waals surface area contributed by atoms with Crippen LogP contribution in [0.3, 0.4) is 0 Å². The van der Waals surface area contributed by atoms with Crippen LogP contribution in [0.25, 0.3) is 36.6 Å². The Bertz CT molecular complexity index is 2080. The van der Waals surface area contributed by atoms with Crippen LogP contribution in [0.4, 0.5) is 0 Å². The largest absolute Gasteiger partial charge is 0.135 e. The van der Waals surface area contributed by atoms with E-state index in [0.29, 0.717) is 22.3 Å². The van der Waals surface area contributed by atoms with Crippen molar-refractivity contribution in [3.05, 3.63) is 159 Å². The molecule has 0 bridgehead atoms. The Hall–Kier alpha value is -3.28. The summed E-state index contributed by atoms with van der Waals surface area (Å²) in [7, 11) is 0. The summed E-state index contributed by atoms with van der Waals surface area (Å²) >= 11 is 7.95. The Morgan fingerprint density at radius 1 is 0.651 bits per heavy atom. The van der Waals surface area contributed by atoms with E-state index < -0.39 is 0 Å². The van der Waals surface area contributed by atoms with E-state index in [4.69, 9.17) is 0 Å². The number of thiophene rings is 2. The van der Waals surface area contributed by atoms with Gasteiger partial charge in [-0.25, -0.2) is 0 Å². The van der Waals surface area contributed by atoms with Crippen molar-refractivity contribution in [1.82, 2.24) is 0 Å². The van der Waals surface area contributed by atoms with E-state index in [1.54, 1.807) is 16.3 Å². The monoisotopic (exact) mass is 624 g/mol. The number of benzene rings is 3. The van der Waals surface area contributed by atoms with Crippen molar-refractivity contribution >= 4 is 72.4 Å². The van der Waals surface area contributed by atoms with Crippen LogP contribution in [0, 0.1) is 0 Å². The molecule has 5 aromatic rings. The fourth-order valence-corrected chi connectivity index (χ4v) is 12.5. The summed E-state index contributed by atoms with van der Waals surface area (Å²) in [6, 6.07) is 29.8. The van der Waals surface area contributed by atoms with Gasteiger partial charge in [-0.15, -0.1) is 46.2 Å². The maximum Gasteiger partial charge on any atom is 0.0455 e. The number of hydrogen-bond acceptors (Lipinski definition) is 4. The lowest BCUT2D eigenvalue weighted by atomic mass is 9.96. The lowest BCUT2D eigenvalue weighted by Gasteiger charge is -2.12. The first kappa shape index (κ1) is 26.2. The minimum absolute atomic E-state index is 0.449. The number of fused-ring (bicyclic) bond motifs is 6. The molecular formula is C39H28S4. The summed E-state index contributed by atoms with van der Waals surface area (Å²) in [6.07, 6.45) is 13.4. The predicted molar refractivity (Wildman–Crippen MR) is 193 cm³/mol. The van der Waals surface area contributed by atoms with Gasteiger partial charge < -0.3 is 0 Å². The molecule has 2 aromatic heterocycles. The highest BCUT2D eigenvalue weighted by Crippen LogP contribution is 2.67. The second-order valence-electron chi connectivity index (χ2n) is 11.5. The third-order valence-electron chi connectivity index (χ3n) is 9.13. The summed E-state index contributed by atoms with van der Waals surface area (Å²) in [6.45, 7) is 5.98. The molecule has 3 aromatic carbocycles. The van der Waals surface area contributed by atoms with Crippen molar-refractivity contribution in [2.45, 2.75) is 29.3 Å². The Kier molecular flexibility index (Phi) is 6.16. The molecule has 208 valence electrons. The molecular weight excluding hydrogens is 597 g/mol. The van der Waals surface area contributed by atoms with Gasteiger partial charge in [0.2, 0.25) is 0 Å². The van der Waals surface area contributed by atoms with Gasteiger partial charge in [-0.1, -0.05) is 97.6 Å². The maximum absolute atomic E-state index is 3.91. The zero-order valence-corrected chi connectivity index (χ0v) is 26.9. The molecule has 4 heteroatoms. The van der Waals surface area contributed by atoms with Gasteiger partial charge in [0.05, 0.1) is 0 Å². The van der Waals surface area contributed by atoms with Crippen LogP contribution in [0.1, 0.15) is 66.1 Å². The molecule has 0 fully saturated rings. The first-order valence-electron chi connectivity index (χ1n) is 14.8. The second-order valence-corrected chi connectivity index (χ2v) is 16.0. The third-order valence-corrected chi connectivity index (χ3v) is 14.5. The van der Waals surface area contributed by atoms with Gasteiger partial charge >= 0.3 is 0 Å². The van der Waals surface area contributed by atoms with Crippen LogP contribution in [0.15, 0.2) is 122 Å². The average molecular weight is 625 g/mol. The van der Waals surface area contributed by atoms with E-state index in [-0.39, 0.29) is 0 Å². The second kappa shape index (κ2) is 10.1. The summed E-state index contributed by atoms with van der Waals surface area (Å²) in [5.74, 6) is 0.908. The highest BCUT2D eigenvalue weighted by Gasteiger charge is 2.45. The normalized spacial score (nSPS) is 23.2. The molecule has 0 nitrogen and oxygen atoms in total. The molecule has 4 atom stereocenters. The number of thioether (sulfide) groups is 2. The van der Waals surface area contributed by atoms with Gasteiger partial charge in [0, 0.05) is 51.7 Å². The highest BCUT2D eigenvalue weighted by atomic mass is 32.2. The molecule has 4 unspecified atom stereocenters. The minimum atomic E-state index is 0.449. The van der Waals surface area contributed by atoms with Gasteiger partial charge in [0.1, 0.15) is 0 Å². The van der Waals surface area contributed by atoms with Crippen LogP contribution in [0.5, 0.6) is 0 Å². The summed E-state index contributed by atoms with van der Waals surface area (Å²) in [5.41, 5.74) is 8.67. The lowest BCUT2D eigenvalue weighted by molar-refractivity contribution is 0.864. The molecule has 43 heavy (non-hydrogen) atoms. The minimum Gasteiger partial charge on any atom is -0.135 e. The molecule has 2 aliphatic carbocycles. The molecule has 9 rings (SSSR count). The summed E-state index contributed by atoms with van der Waals surface area (Å²) in [5, 5.41) is 4.06. The van der Waals surface area contributed by atoms with Crippen LogP contribution >= 0.6 is 46.2 Å². The van der Waals surface area contributed by atoms with Crippen molar-refractivity contribution in [3.63, 3.8) is 0 Å². The molecule has 4 heterocycles. The zero-order chi connectivity index (χ0) is 28.7. The Balaban J connectivity index is 1.04. The number of hydrogen-bond donors (Lipinski definition) is 0. The first-order chi connectivity index (χ1) is 21.2. The van der Waals surface area contributed by atoms with E-state index in [1.165, 1.54) is 57.1 Å². The van der Waals surface area contributed by atoms with E-state index >= 15 is 0 Å². The average Bonchev–Trinajstić information content (AvgIpc) is 3.87. The van der Waals surface area contributed by atoms with Gasteiger partial charge in [0.25, 0.3) is 0 Å². The molecule has 0 spiro atoms. The van der Waals surface area contributed by atoms with Crippen LogP contribution < -0.4 is 0 Å². The van der Waals surface area contributed by atoms with Gasteiger partial charge in [-0.05, 0) is 75.4 Å². The lowest BCUT2D eigenvalue weighted by Crippen LogP contribution is -1.95. The SMILES string of the molecule is C=C/C=C(\C=C/C)c1ccc(C2=CC3c4ccc5c6c(ccc(c46)C3S2)C2C=C(c3ccc(-c4ccccc4)s3)SC52)s1. The fourth-order valence-electron chi connectivity index (χ4n) is 7.31. The molecule has 0 amide bonds. The standard InChI is InChI=1S/C39H28S4/c1-3-8-22(9-4-2)30-16-18-32(40-30)34-20-28-24-12-15-27-37-25(13-14-26(36(24)37)38(28)42-34)29-21-35(43-39(27)29)33-19-17-31(41-33)23-10-6-5-7-11-23/h3-21,28-29,38-39H,1H2,2H3/b9-4-,22-8+. The topological polar surface area (TPSA) is 0 Å². The van der Waals surface area contributed by atoms with Crippen molar-refractivity contribution < 1.29 is 0 Å². The van der Waals surface area contributed by atoms with E-state index in [0.717, 1.165) is 0 Å². The molecule has 0 N–H and O–H groups in total. The molecule has 0 radical (unpaired) electrons. The fraction of sp³-hybridized carbons (Fsp3) is 0.128. The third kappa shape index (κ3) is 3.97. The molecule has 2 aliphatic heterocycles. The van der Waals surface area contributed by atoms with Gasteiger partial charge in [0.15, 0.2) is 0 Å². The summed E-state index contributed by atoms with van der Waals surface area (Å²) < 4.78 is 0. The van der Waals surface area contributed by atoms with Crippen molar-refractivity contribution in [1.29, 1.82) is 0 Å². The molecule has 0 saturated heterocycles. The molecule has 4 aliphatic rings. The van der Waals surface area contributed by atoms with Crippen molar-refractivity contribution in [2.24, 2.45) is 0 Å². The number of allylic oxidation sites excluding steroid dienone is 7. The van der Waals surface area contributed by atoms with Crippen LogP contribution in [0.2, 0.25) is 0 Å². The predicted octanol–water partition coefficient (Wildman–Crippen LogP) is 12.6. The Morgan fingerprint density at radius 2 is 1.23 bits per heavy atom. The van der Waals surface area contributed by atoms with E-state index in [1.807, 2.05) is 28.7 Å². The van der Waals surface area contributed by atoms with Crippen LogP contribution in [-0.4, -0.2) is 0 Å². The van der Waals surface area contributed by atoms with Gasteiger partial charge in [-0.3, -0.25) is 0 Å². The summed E-state index contributed by atoms with van der Waals surface area (Å²) in [4.78, 5) is 8.28. The Morgan fingerprint density at radius 3 is 1.86 bits per heavy atom. The van der Waals surface area contributed by atoms with Gasteiger partial charge in [-0.2, -0.15) is 0 Å². The number of rotatable bonds is 6. The van der Waals surface area contributed by atoms with Crippen LogP contribution in [-0.2, 0) is 0 Å². The quantitative estimate of drug-likeness (QED) is 0.172. The first-order valence-corrected chi connectivity index (χ1v) is 18.2. The Labute approximate surface area is 269 Å². The maximum atomic E-state index is 3.91. The van der Waals surface area contributed by atoms with Crippen molar-refractivity contribution in [2.75, 3.05) is 0 Å². The smallest absolute Gasteiger partial charge is 0.0455 e. The van der Waals surface area contributed by atoms with E-state index in [2.05, 4.69) is 146 Å². The van der Waals surface area contributed by atoms with E-state index in [9.17, 15) is 0 Å². The van der Waals surface area contributed by atoms with Crippen molar-refractivity contribution in [3.8, 4) is 10.4 Å². The zero-order valence-electron chi connectivity index (χ0n) is 23.6.